The van der Waals surface area contributed by atoms with Crippen LogP contribution in [0.1, 0.15) is 19.8 Å². The first kappa shape index (κ1) is 13.6. The first-order valence-electron chi connectivity index (χ1n) is 7.09. The molecule has 1 fully saturated rings. The van der Waals surface area contributed by atoms with Crippen molar-refractivity contribution in [3.05, 3.63) is 17.6 Å². The normalized spacial score (nSPS) is 16.5. The van der Waals surface area contributed by atoms with Gasteiger partial charge in [0, 0.05) is 19.7 Å². The number of nitrogens with two attached hydrogens (primary N) is 1. The van der Waals surface area contributed by atoms with E-state index in [1.165, 1.54) is 12.8 Å². The van der Waals surface area contributed by atoms with E-state index in [4.69, 9.17) is 10.5 Å². The van der Waals surface area contributed by atoms with Gasteiger partial charge in [-0.1, -0.05) is 0 Å². The molecule has 1 aliphatic rings. The summed E-state index contributed by atoms with van der Waals surface area (Å²) in [5.74, 6) is 0.789. The van der Waals surface area contributed by atoms with Crippen molar-refractivity contribution in [2.24, 2.45) is 5.92 Å². The molecule has 3 rings (SSSR count). The number of benzene rings is 1. The van der Waals surface area contributed by atoms with Gasteiger partial charge in [0.15, 0.2) is 0 Å². The second-order valence-electron chi connectivity index (χ2n) is 5.46. The largest absolute Gasteiger partial charge is 0.395 e. The second-order valence-corrected chi connectivity index (χ2v) is 6.35. The van der Waals surface area contributed by atoms with Crippen LogP contribution in [0.25, 0.3) is 10.2 Å². The molecule has 20 heavy (non-hydrogen) atoms. The number of hydrogen-bond acceptors (Lipinski definition) is 5. The van der Waals surface area contributed by atoms with E-state index in [2.05, 4.69) is 28.9 Å². The average Bonchev–Trinajstić information content (AvgIpc) is 3.19. The van der Waals surface area contributed by atoms with E-state index in [0.29, 0.717) is 12.6 Å². The minimum Gasteiger partial charge on any atom is -0.395 e. The summed E-state index contributed by atoms with van der Waals surface area (Å²) in [5.41, 5.74) is 11.0. The lowest BCUT2D eigenvalue weighted by Gasteiger charge is -2.32. The SMILES string of the molecule is COCCN(c1ccc2scnc2c1N)C(C)C1CC1. The van der Waals surface area contributed by atoms with Crippen molar-refractivity contribution in [2.45, 2.75) is 25.8 Å². The van der Waals surface area contributed by atoms with Gasteiger partial charge in [-0.3, -0.25) is 0 Å². The molecule has 108 valence electrons. The molecule has 0 amide bonds. The minimum atomic E-state index is 0.503. The first-order chi connectivity index (χ1) is 9.72. The number of nitrogen functional groups attached to an aromatic ring is 1. The number of hydrogen-bond donors (Lipinski definition) is 1. The molecule has 0 aliphatic heterocycles. The number of nitrogens with zero attached hydrogens (tertiary/aromatic N) is 2. The van der Waals surface area contributed by atoms with E-state index in [-0.39, 0.29) is 0 Å². The summed E-state index contributed by atoms with van der Waals surface area (Å²) in [6.07, 6.45) is 2.65. The molecule has 1 saturated carbocycles. The molecule has 1 aromatic carbocycles. The summed E-state index contributed by atoms with van der Waals surface area (Å²) >= 11 is 1.63. The number of methoxy groups -OCH3 is 1. The van der Waals surface area contributed by atoms with Crippen LogP contribution < -0.4 is 10.6 Å². The zero-order chi connectivity index (χ0) is 14.1. The fourth-order valence-corrected chi connectivity index (χ4v) is 3.45. The highest BCUT2D eigenvalue weighted by Crippen LogP contribution is 2.40. The molecule has 1 unspecified atom stereocenters. The lowest BCUT2D eigenvalue weighted by molar-refractivity contribution is 0.203. The molecular weight excluding hydrogens is 270 g/mol. The Balaban J connectivity index is 1.96. The van der Waals surface area contributed by atoms with Crippen LogP contribution in [0.2, 0.25) is 0 Å². The molecule has 4 nitrogen and oxygen atoms in total. The lowest BCUT2D eigenvalue weighted by Crippen LogP contribution is -2.37. The maximum absolute atomic E-state index is 6.36. The molecule has 0 spiro atoms. The molecular formula is C15H21N3OS. The van der Waals surface area contributed by atoms with Crippen molar-refractivity contribution in [3.8, 4) is 0 Å². The van der Waals surface area contributed by atoms with Crippen molar-refractivity contribution in [1.29, 1.82) is 0 Å². The van der Waals surface area contributed by atoms with Crippen LogP contribution >= 0.6 is 11.3 Å². The fraction of sp³-hybridized carbons (Fsp3) is 0.533. The van der Waals surface area contributed by atoms with Gasteiger partial charge >= 0.3 is 0 Å². The highest BCUT2D eigenvalue weighted by Gasteiger charge is 2.32. The number of anilines is 2. The summed E-state index contributed by atoms with van der Waals surface area (Å²) in [6, 6.07) is 4.76. The van der Waals surface area contributed by atoms with Gasteiger partial charge in [0.25, 0.3) is 0 Å². The molecule has 1 aromatic heterocycles. The van der Waals surface area contributed by atoms with Crippen LogP contribution in [0.3, 0.4) is 0 Å². The van der Waals surface area contributed by atoms with E-state index in [0.717, 1.165) is 34.1 Å². The van der Waals surface area contributed by atoms with Gasteiger partial charge in [-0.05, 0) is 37.8 Å². The monoisotopic (exact) mass is 291 g/mol. The Labute approximate surface area is 123 Å². The predicted octanol–water partition coefficient (Wildman–Crippen LogP) is 3.13. The summed E-state index contributed by atoms with van der Waals surface area (Å²) in [7, 11) is 1.74. The maximum atomic E-state index is 6.36. The van der Waals surface area contributed by atoms with Crippen molar-refractivity contribution >= 4 is 32.9 Å². The molecule has 5 heteroatoms. The Hall–Kier alpha value is -1.33. The quantitative estimate of drug-likeness (QED) is 0.831. The van der Waals surface area contributed by atoms with E-state index in [1.807, 2.05) is 5.51 Å². The molecule has 1 heterocycles. The first-order valence-corrected chi connectivity index (χ1v) is 7.97. The van der Waals surface area contributed by atoms with Crippen molar-refractivity contribution < 1.29 is 4.74 Å². The van der Waals surface area contributed by atoms with Gasteiger partial charge in [0.2, 0.25) is 0 Å². The molecule has 0 saturated heterocycles. The summed E-state index contributed by atoms with van der Waals surface area (Å²) in [4.78, 5) is 6.78. The van der Waals surface area contributed by atoms with Crippen molar-refractivity contribution in [3.63, 3.8) is 0 Å². The second kappa shape index (κ2) is 5.58. The van der Waals surface area contributed by atoms with E-state index < -0.39 is 0 Å². The molecule has 0 radical (unpaired) electrons. The number of aromatic nitrogens is 1. The third-order valence-corrected chi connectivity index (χ3v) is 4.95. The molecule has 1 atom stereocenters. The zero-order valence-electron chi connectivity index (χ0n) is 12.0. The van der Waals surface area contributed by atoms with E-state index >= 15 is 0 Å². The van der Waals surface area contributed by atoms with Gasteiger partial charge in [-0.25, -0.2) is 4.98 Å². The molecule has 0 bridgehead atoms. The third kappa shape index (κ3) is 2.47. The summed E-state index contributed by atoms with van der Waals surface area (Å²) < 4.78 is 6.41. The topological polar surface area (TPSA) is 51.4 Å². The number of ether oxygens (including phenoxy) is 1. The Morgan fingerprint density at radius 1 is 1.50 bits per heavy atom. The minimum absolute atomic E-state index is 0.503. The molecule has 2 aromatic rings. The van der Waals surface area contributed by atoms with Crippen molar-refractivity contribution in [1.82, 2.24) is 4.98 Å². The maximum Gasteiger partial charge on any atom is 0.106 e. The standard InChI is InChI=1S/C15H21N3OS/c1-10(11-3-4-11)18(7-8-19-2)12-5-6-13-15(14(12)16)17-9-20-13/h5-6,9-11H,3-4,7-8,16H2,1-2H3. The number of rotatable bonds is 6. The van der Waals surface area contributed by atoms with Crippen LogP contribution in [-0.4, -0.2) is 31.3 Å². The van der Waals surface area contributed by atoms with E-state index in [1.54, 1.807) is 18.4 Å². The lowest BCUT2D eigenvalue weighted by atomic mass is 10.1. The number of thiazole rings is 1. The van der Waals surface area contributed by atoms with E-state index in [9.17, 15) is 0 Å². The summed E-state index contributed by atoms with van der Waals surface area (Å²) in [6.45, 7) is 3.87. The van der Waals surface area contributed by atoms with Gasteiger partial charge in [-0.2, -0.15) is 0 Å². The number of fused-ring (bicyclic) bond motifs is 1. The Bertz CT molecular complexity index is 594. The van der Waals surface area contributed by atoms with Crippen molar-refractivity contribution in [2.75, 3.05) is 30.9 Å². The van der Waals surface area contributed by atoms with Crippen LogP contribution in [0.15, 0.2) is 17.6 Å². The molecule has 2 N–H and O–H groups in total. The average molecular weight is 291 g/mol. The van der Waals surface area contributed by atoms with Gasteiger partial charge in [0.1, 0.15) is 5.52 Å². The van der Waals surface area contributed by atoms with Gasteiger partial charge < -0.3 is 15.4 Å². The smallest absolute Gasteiger partial charge is 0.106 e. The highest BCUT2D eigenvalue weighted by molar-refractivity contribution is 7.16. The van der Waals surface area contributed by atoms with Crippen LogP contribution in [-0.2, 0) is 4.74 Å². The Morgan fingerprint density at radius 2 is 2.30 bits per heavy atom. The fourth-order valence-electron chi connectivity index (χ4n) is 2.76. The van der Waals surface area contributed by atoms with Crippen LogP contribution in [0.4, 0.5) is 11.4 Å². The van der Waals surface area contributed by atoms with Gasteiger partial charge in [0.05, 0.1) is 28.2 Å². The predicted molar refractivity (Wildman–Crippen MR) is 85.4 cm³/mol. The zero-order valence-corrected chi connectivity index (χ0v) is 12.8. The summed E-state index contributed by atoms with van der Waals surface area (Å²) in [5, 5.41) is 0. The Morgan fingerprint density at radius 3 is 3.00 bits per heavy atom. The Kier molecular flexibility index (Phi) is 3.81. The third-order valence-electron chi connectivity index (χ3n) is 4.16. The highest BCUT2D eigenvalue weighted by atomic mass is 32.1. The van der Waals surface area contributed by atoms with Crippen LogP contribution in [0.5, 0.6) is 0 Å². The van der Waals surface area contributed by atoms with Gasteiger partial charge in [-0.15, -0.1) is 11.3 Å². The molecule has 1 aliphatic carbocycles. The van der Waals surface area contributed by atoms with Crippen LogP contribution in [0, 0.1) is 5.92 Å².